The Morgan fingerprint density at radius 1 is 1.12 bits per heavy atom. The lowest BCUT2D eigenvalue weighted by Crippen LogP contribution is -2.61. The Labute approximate surface area is 157 Å². The van der Waals surface area contributed by atoms with Crippen molar-refractivity contribution in [3.05, 3.63) is 0 Å². The van der Waals surface area contributed by atoms with E-state index in [1.54, 1.807) is 16.3 Å². The SMILES string of the molecule is C[C@H]1OCCN[C@@H]1C(=O)N1CCN(S(=O)(=O)N(C)C2CCCCC2)CC1. The molecule has 2 aliphatic heterocycles. The fourth-order valence-electron chi connectivity index (χ4n) is 4.16. The van der Waals surface area contributed by atoms with Crippen LogP contribution in [0.4, 0.5) is 0 Å². The van der Waals surface area contributed by atoms with Gasteiger partial charge in [0.1, 0.15) is 6.04 Å². The first-order valence-corrected chi connectivity index (χ1v) is 11.2. The van der Waals surface area contributed by atoms with Crippen LogP contribution in [0.15, 0.2) is 0 Å². The highest BCUT2D eigenvalue weighted by atomic mass is 32.2. The number of hydrogen-bond donors (Lipinski definition) is 1. The van der Waals surface area contributed by atoms with E-state index in [1.165, 1.54) is 10.7 Å². The number of hydrogen-bond acceptors (Lipinski definition) is 5. The van der Waals surface area contributed by atoms with Gasteiger partial charge in [0, 0.05) is 45.8 Å². The molecule has 2 atom stereocenters. The van der Waals surface area contributed by atoms with Gasteiger partial charge in [-0.05, 0) is 19.8 Å². The summed E-state index contributed by atoms with van der Waals surface area (Å²) in [5, 5.41) is 3.21. The van der Waals surface area contributed by atoms with E-state index in [0.717, 1.165) is 25.7 Å². The lowest BCUT2D eigenvalue weighted by molar-refractivity contribution is -0.140. The fourth-order valence-corrected chi connectivity index (χ4v) is 5.74. The number of carbonyl (C=O) groups excluding carboxylic acids is 1. The van der Waals surface area contributed by atoms with Gasteiger partial charge in [0.15, 0.2) is 0 Å². The van der Waals surface area contributed by atoms with Gasteiger partial charge < -0.3 is 15.0 Å². The Hall–Kier alpha value is -0.740. The van der Waals surface area contributed by atoms with Crippen LogP contribution < -0.4 is 5.32 Å². The molecule has 1 amide bonds. The molecule has 9 heteroatoms. The van der Waals surface area contributed by atoms with Crippen molar-refractivity contribution in [1.29, 1.82) is 0 Å². The van der Waals surface area contributed by atoms with Crippen LogP contribution in [0.25, 0.3) is 0 Å². The molecule has 1 N–H and O–H groups in total. The van der Waals surface area contributed by atoms with E-state index in [1.807, 2.05) is 6.92 Å². The van der Waals surface area contributed by atoms with Gasteiger partial charge in [0.2, 0.25) is 5.91 Å². The molecule has 150 valence electrons. The van der Waals surface area contributed by atoms with Crippen molar-refractivity contribution in [2.45, 2.75) is 57.2 Å². The summed E-state index contributed by atoms with van der Waals surface area (Å²) in [6.45, 7) is 4.75. The van der Waals surface area contributed by atoms with Crippen molar-refractivity contribution >= 4 is 16.1 Å². The molecule has 8 nitrogen and oxygen atoms in total. The van der Waals surface area contributed by atoms with Crippen LogP contribution in [0, 0.1) is 0 Å². The fraction of sp³-hybridized carbons (Fsp3) is 0.941. The maximum Gasteiger partial charge on any atom is 0.282 e. The Bertz CT molecular complexity index is 586. The van der Waals surface area contributed by atoms with Crippen molar-refractivity contribution in [2.24, 2.45) is 0 Å². The van der Waals surface area contributed by atoms with E-state index >= 15 is 0 Å². The van der Waals surface area contributed by atoms with E-state index in [9.17, 15) is 13.2 Å². The standard InChI is InChI=1S/C17H32N4O4S/c1-14-16(18-8-13-25-14)17(22)20-9-11-21(12-10-20)26(23,24)19(2)15-6-4-3-5-7-15/h14-16,18H,3-13H2,1-2H3/t14-,16+/m1/s1. The zero-order chi connectivity index (χ0) is 18.7. The van der Waals surface area contributed by atoms with E-state index < -0.39 is 10.2 Å². The molecule has 2 saturated heterocycles. The van der Waals surface area contributed by atoms with Crippen LogP contribution >= 0.6 is 0 Å². The van der Waals surface area contributed by atoms with Crippen molar-refractivity contribution < 1.29 is 17.9 Å². The number of nitrogens with one attached hydrogen (secondary N) is 1. The average molecular weight is 389 g/mol. The highest BCUT2D eigenvalue weighted by Crippen LogP contribution is 2.25. The van der Waals surface area contributed by atoms with Crippen molar-refractivity contribution in [3.8, 4) is 0 Å². The number of carbonyl (C=O) groups is 1. The first-order valence-electron chi connectivity index (χ1n) is 9.78. The lowest BCUT2D eigenvalue weighted by atomic mass is 9.96. The highest BCUT2D eigenvalue weighted by molar-refractivity contribution is 7.86. The smallest absolute Gasteiger partial charge is 0.282 e. The Morgan fingerprint density at radius 2 is 1.77 bits per heavy atom. The predicted molar refractivity (Wildman–Crippen MR) is 98.9 cm³/mol. The van der Waals surface area contributed by atoms with Crippen molar-refractivity contribution in [3.63, 3.8) is 0 Å². The second kappa shape index (κ2) is 8.52. The highest BCUT2D eigenvalue weighted by Gasteiger charge is 2.38. The van der Waals surface area contributed by atoms with Gasteiger partial charge in [-0.1, -0.05) is 19.3 Å². The third-order valence-corrected chi connectivity index (χ3v) is 7.96. The van der Waals surface area contributed by atoms with Gasteiger partial charge in [0.25, 0.3) is 10.2 Å². The molecule has 1 saturated carbocycles. The van der Waals surface area contributed by atoms with Gasteiger partial charge in [-0.2, -0.15) is 17.0 Å². The predicted octanol–water partition coefficient (Wildman–Crippen LogP) is 0.0168. The first-order chi connectivity index (χ1) is 12.4. The van der Waals surface area contributed by atoms with E-state index in [0.29, 0.717) is 39.3 Å². The third-order valence-electron chi connectivity index (χ3n) is 5.91. The van der Waals surface area contributed by atoms with Crippen LogP contribution in [0.3, 0.4) is 0 Å². The quantitative estimate of drug-likeness (QED) is 0.734. The minimum absolute atomic E-state index is 0.00915. The summed E-state index contributed by atoms with van der Waals surface area (Å²) >= 11 is 0. The second-order valence-electron chi connectivity index (χ2n) is 7.55. The monoisotopic (exact) mass is 388 g/mol. The van der Waals surface area contributed by atoms with Gasteiger partial charge in [-0.15, -0.1) is 0 Å². The summed E-state index contributed by atoms with van der Waals surface area (Å²) in [4.78, 5) is 14.5. The normalized spacial score (nSPS) is 29.9. The molecule has 0 aromatic rings. The minimum atomic E-state index is -3.46. The van der Waals surface area contributed by atoms with Gasteiger partial charge in [-0.25, -0.2) is 0 Å². The van der Waals surface area contributed by atoms with Crippen LogP contribution in [0.1, 0.15) is 39.0 Å². The second-order valence-corrected chi connectivity index (χ2v) is 9.54. The number of ether oxygens (including phenoxy) is 1. The van der Waals surface area contributed by atoms with Crippen LogP contribution in [0.2, 0.25) is 0 Å². The van der Waals surface area contributed by atoms with Gasteiger partial charge in [0.05, 0.1) is 12.7 Å². The van der Waals surface area contributed by atoms with E-state index in [-0.39, 0.29) is 24.1 Å². The molecular formula is C17H32N4O4S. The number of piperazine rings is 1. The summed E-state index contributed by atoms with van der Waals surface area (Å²) in [6.07, 6.45) is 5.13. The van der Waals surface area contributed by atoms with Crippen molar-refractivity contribution in [2.75, 3.05) is 46.4 Å². The molecule has 0 bridgehead atoms. The number of nitrogens with zero attached hydrogens (tertiary/aromatic N) is 3. The molecule has 0 aromatic heterocycles. The molecule has 0 unspecified atom stereocenters. The number of rotatable bonds is 4. The summed E-state index contributed by atoms with van der Waals surface area (Å²) in [5.41, 5.74) is 0. The molecular weight excluding hydrogens is 356 g/mol. The van der Waals surface area contributed by atoms with Crippen LogP contribution in [0.5, 0.6) is 0 Å². The summed E-state index contributed by atoms with van der Waals surface area (Å²) in [7, 11) is -1.76. The lowest BCUT2D eigenvalue weighted by Gasteiger charge is -2.40. The first kappa shape index (κ1) is 20.0. The zero-order valence-electron chi connectivity index (χ0n) is 15.9. The molecule has 0 aromatic carbocycles. The molecule has 2 heterocycles. The number of morpholine rings is 1. The summed E-state index contributed by atoms with van der Waals surface area (Å²) < 4.78 is 34.5. The Balaban J connectivity index is 1.56. The minimum Gasteiger partial charge on any atom is -0.375 e. The van der Waals surface area contributed by atoms with E-state index in [4.69, 9.17) is 4.74 Å². The van der Waals surface area contributed by atoms with Crippen LogP contribution in [-0.2, 0) is 19.7 Å². The maximum absolute atomic E-state index is 12.9. The van der Waals surface area contributed by atoms with Gasteiger partial charge >= 0.3 is 0 Å². The maximum atomic E-state index is 12.9. The van der Waals surface area contributed by atoms with Crippen molar-refractivity contribution in [1.82, 2.24) is 18.8 Å². The topological polar surface area (TPSA) is 82.2 Å². The van der Waals surface area contributed by atoms with Gasteiger partial charge in [-0.3, -0.25) is 4.79 Å². The molecule has 0 spiro atoms. The van der Waals surface area contributed by atoms with E-state index in [2.05, 4.69) is 5.32 Å². The third kappa shape index (κ3) is 4.22. The molecule has 0 radical (unpaired) electrons. The average Bonchev–Trinajstić information content (AvgIpc) is 2.68. The summed E-state index contributed by atoms with van der Waals surface area (Å²) in [6, 6.07) is -0.227. The molecule has 26 heavy (non-hydrogen) atoms. The zero-order valence-corrected chi connectivity index (χ0v) is 16.7. The number of amides is 1. The molecule has 3 fully saturated rings. The Kier molecular flexibility index (Phi) is 6.55. The molecule has 3 aliphatic rings. The molecule has 1 aliphatic carbocycles. The largest absolute Gasteiger partial charge is 0.375 e. The van der Waals surface area contributed by atoms with Crippen LogP contribution in [-0.4, -0.2) is 92.4 Å². The summed E-state index contributed by atoms with van der Waals surface area (Å²) in [5.74, 6) is 0.00915. The molecule has 3 rings (SSSR count). The Morgan fingerprint density at radius 3 is 2.38 bits per heavy atom.